The average Bonchev–Trinajstić information content (AvgIpc) is 3.62. The second-order valence-electron chi connectivity index (χ2n) is 12.3. The minimum Gasteiger partial charge on any atom is -0.358 e. The summed E-state index contributed by atoms with van der Waals surface area (Å²) in [6.07, 6.45) is 1.04. The quantitative estimate of drug-likeness (QED) is 0.113. The monoisotopic (exact) mass is 730 g/mol. The van der Waals surface area contributed by atoms with Gasteiger partial charge < -0.3 is 14.9 Å². The largest absolute Gasteiger partial charge is 4.00 e. The van der Waals surface area contributed by atoms with Crippen molar-refractivity contribution in [1.29, 1.82) is 0 Å². The van der Waals surface area contributed by atoms with Crippen LogP contribution in [0.4, 0.5) is 0 Å². The normalized spacial score (nSPS) is 11.4. The fraction of sp³-hybridized carbons (Fsp3) is 0.238. The molecule has 0 saturated heterocycles. The minimum atomic E-state index is -0.0738. The van der Waals surface area contributed by atoms with Crippen molar-refractivity contribution in [2.45, 2.75) is 65.2 Å². The molecule has 0 amide bonds. The van der Waals surface area contributed by atoms with E-state index in [-0.39, 0.29) is 46.1 Å². The third kappa shape index (κ3) is 6.30. The molecule has 0 heterocycles. The Morgan fingerprint density at radius 3 is 1.28 bits per heavy atom. The van der Waals surface area contributed by atoms with Gasteiger partial charge in [0.05, 0.1) is 0 Å². The summed E-state index contributed by atoms with van der Waals surface area (Å²) in [6.45, 7) is 13.8. The van der Waals surface area contributed by atoms with Gasteiger partial charge in [-0.3, -0.25) is 0 Å². The van der Waals surface area contributed by atoms with E-state index in [9.17, 15) is 0 Å². The van der Waals surface area contributed by atoms with E-state index in [4.69, 9.17) is 0 Å². The molecule has 1 heteroatoms. The molecule has 0 saturated carbocycles. The van der Waals surface area contributed by atoms with E-state index in [1.54, 1.807) is 0 Å². The summed E-state index contributed by atoms with van der Waals surface area (Å²) in [4.78, 5) is 0. The molecule has 0 aliphatic heterocycles. The number of hydrogen-bond acceptors (Lipinski definition) is 0. The first-order valence-electron chi connectivity index (χ1n) is 14.9. The first kappa shape index (κ1) is 34.5. The van der Waals surface area contributed by atoms with E-state index >= 15 is 0 Å². The van der Waals surface area contributed by atoms with Crippen molar-refractivity contribution >= 4 is 21.5 Å². The van der Waals surface area contributed by atoms with Crippen LogP contribution in [0.15, 0.2) is 109 Å². The van der Waals surface area contributed by atoms with Crippen LogP contribution >= 0.6 is 0 Å². The average molecular weight is 729 g/mol. The third-order valence-electron chi connectivity index (χ3n) is 9.26. The van der Waals surface area contributed by atoms with E-state index < -0.39 is 0 Å². The molecule has 6 aromatic carbocycles. The van der Waals surface area contributed by atoms with Crippen LogP contribution in [0, 0.1) is 14.9 Å². The predicted octanol–water partition coefficient (Wildman–Crippen LogP) is 12.6. The van der Waals surface area contributed by atoms with Gasteiger partial charge in [-0.05, 0) is 45.9 Å². The van der Waals surface area contributed by atoms with Crippen molar-refractivity contribution in [3.8, 4) is 22.3 Å². The predicted molar refractivity (Wildman–Crippen MR) is 188 cm³/mol. The molecule has 0 atom stereocenters. The van der Waals surface area contributed by atoms with Gasteiger partial charge in [0.15, 0.2) is 0 Å². The Kier molecular flexibility index (Phi) is 11.0. The Morgan fingerprint density at radius 1 is 0.581 bits per heavy atom. The molecule has 0 unspecified atom stereocenters. The van der Waals surface area contributed by atoms with Crippen molar-refractivity contribution in [2.24, 2.45) is 0 Å². The van der Waals surface area contributed by atoms with Crippen molar-refractivity contribution in [1.82, 2.24) is 0 Å². The molecular weight excluding hydrogens is 683 g/mol. The third-order valence-corrected chi connectivity index (χ3v) is 9.26. The number of benzene rings is 4. The van der Waals surface area contributed by atoms with Crippen molar-refractivity contribution in [3.63, 3.8) is 0 Å². The van der Waals surface area contributed by atoms with Crippen LogP contribution in [-0.4, -0.2) is 0 Å². The van der Waals surface area contributed by atoms with Crippen LogP contribution in [0.1, 0.15) is 82.1 Å². The fourth-order valence-electron chi connectivity index (χ4n) is 6.28. The van der Waals surface area contributed by atoms with Gasteiger partial charge in [0.2, 0.25) is 0 Å². The zero-order chi connectivity index (χ0) is 28.0. The molecule has 0 aliphatic carbocycles. The first-order valence-corrected chi connectivity index (χ1v) is 14.9. The molecule has 0 bridgehead atoms. The van der Waals surface area contributed by atoms with Gasteiger partial charge >= 0.3 is 25.8 Å². The summed E-state index contributed by atoms with van der Waals surface area (Å²) in [7, 11) is 0. The molecule has 43 heavy (non-hydrogen) atoms. The molecule has 6 rings (SSSR count). The Balaban J connectivity index is 0.00000169. The van der Waals surface area contributed by atoms with E-state index in [2.05, 4.69) is 151 Å². The van der Waals surface area contributed by atoms with Gasteiger partial charge in [0.1, 0.15) is 0 Å². The maximum Gasteiger partial charge on any atom is 4.00 e. The molecular formula is C42H46Hf. The van der Waals surface area contributed by atoms with Gasteiger partial charge in [-0.15, -0.1) is 69.1 Å². The molecule has 0 radical (unpaired) electrons. The fourth-order valence-corrected chi connectivity index (χ4v) is 6.28. The van der Waals surface area contributed by atoms with Crippen molar-refractivity contribution in [2.75, 3.05) is 0 Å². The van der Waals surface area contributed by atoms with Crippen LogP contribution in [0.3, 0.4) is 0 Å². The zero-order valence-electron chi connectivity index (χ0n) is 27.3. The molecule has 0 fully saturated rings. The van der Waals surface area contributed by atoms with Gasteiger partial charge in [0.25, 0.3) is 0 Å². The summed E-state index contributed by atoms with van der Waals surface area (Å²) >= 11 is 0. The summed E-state index contributed by atoms with van der Waals surface area (Å²) in [6, 6.07) is 41.5. The standard InChI is InChI=1S/C40H40.2CH3.Hf/c1-7-40(6,34-22-32-10-8-12-36(38(32)24-34)30-18-14-28(15-19-30)26(2)3)35-23-33-11-9-13-37(39(33)25-35)31-20-16-29(17-21-31)27(4)5;;;/h8-27H,7H2,1-6H3;2*1H3;/q-2;2*-1;+4. The summed E-state index contributed by atoms with van der Waals surface area (Å²) < 4.78 is 0. The molecule has 0 N–H and O–H groups in total. The maximum absolute atomic E-state index is 2.45. The Labute approximate surface area is 279 Å². The Hall–Kier alpha value is -3.03. The van der Waals surface area contributed by atoms with Gasteiger partial charge in [0, 0.05) is 0 Å². The van der Waals surface area contributed by atoms with Gasteiger partial charge in [-0.25, -0.2) is 0 Å². The van der Waals surface area contributed by atoms with E-state index in [0.717, 1.165) is 6.42 Å². The van der Waals surface area contributed by atoms with Crippen LogP contribution in [-0.2, 0) is 31.3 Å². The molecule has 218 valence electrons. The molecule has 0 nitrogen and oxygen atoms in total. The Morgan fingerprint density at radius 2 is 0.953 bits per heavy atom. The number of fused-ring (bicyclic) bond motifs is 2. The molecule has 0 spiro atoms. The Bertz CT molecular complexity index is 1640. The van der Waals surface area contributed by atoms with Gasteiger partial charge in [-0.1, -0.05) is 113 Å². The molecule has 6 aromatic rings. The van der Waals surface area contributed by atoms with E-state index in [0.29, 0.717) is 11.8 Å². The topological polar surface area (TPSA) is 0 Å². The van der Waals surface area contributed by atoms with Crippen LogP contribution in [0.2, 0.25) is 0 Å². The van der Waals surface area contributed by atoms with Crippen LogP contribution in [0.5, 0.6) is 0 Å². The smallest absolute Gasteiger partial charge is 0.358 e. The van der Waals surface area contributed by atoms with E-state index in [1.165, 1.54) is 66.1 Å². The van der Waals surface area contributed by atoms with E-state index in [1.807, 2.05) is 0 Å². The number of hydrogen-bond donors (Lipinski definition) is 0. The van der Waals surface area contributed by atoms with Gasteiger partial charge in [-0.2, -0.15) is 12.1 Å². The summed E-state index contributed by atoms with van der Waals surface area (Å²) in [5, 5.41) is 5.33. The summed E-state index contributed by atoms with van der Waals surface area (Å²) in [5.41, 5.74) is 10.7. The van der Waals surface area contributed by atoms with Crippen LogP contribution < -0.4 is 0 Å². The second kappa shape index (κ2) is 13.7. The number of rotatable bonds is 7. The minimum absolute atomic E-state index is 0. The first-order chi connectivity index (χ1) is 19.3. The second-order valence-corrected chi connectivity index (χ2v) is 12.3. The maximum atomic E-state index is 2.45. The van der Waals surface area contributed by atoms with Crippen molar-refractivity contribution < 1.29 is 25.8 Å². The van der Waals surface area contributed by atoms with Crippen LogP contribution in [0.25, 0.3) is 43.8 Å². The molecule has 0 aromatic heterocycles. The SMILES string of the molecule is CCC(C)(c1cc2c(-c3ccc(C(C)C)cc3)cccc2[cH-]1)c1cc2c(-c3ccc(C(C)C)cc3)cccc2[cH-]1.[CH3-].[CH3-].[Hf+4]. The van der Waals surface area contributed by atoms with Crippen molar-refractivity contribution in [3.05, 3.63) is 146 Å². The zero-order valence-corrected chi connectivity index (χ0v) is 30.8. The molecule has 0 aliphatic rings. The summed E-state index contributed by atoms with van der Waals surface area (Å²) in [5.74, 6) is 1.08.